The van der Waals surface area contributed by atoms with Gasteiger partial charge in [0.2, 0.25) is 5.72 Å². The molecule has 4 rings (SSSR count). The molecule has 0 unspecified atom stereocenters. The van der Waals surface area contributed by atoms with Crippen molar-refractivity contribution in [3.8, 4) is 5.75 Å². The van der Waals surface area contributed by atoms with Crippen LogP contribution in [0.1, 0.15) is 25.5 Å². The van der Waals surface area contributed by atoms with Gasteiger partial charge in [-0.2, -0.15) is 0 Å². The smallest absolute Gasteiger partial charge is 0.317 e. The van der Waals surface area contributed by atoms with Crippen LogP contribution in [0.2, 0.25) is 0 Å². The Hall–Kier alpha value is -2.12. The summed E-state index contributed by atoms with van der Waals surface area (Å²) >= 11 is 9.17. The van der Waals surface area contributed by atoms with Crippen LogP contribution < -0.4 is 15.0 Å². The molecule has 7 heteroatoms. The van der Waals surface area contributed by atoms with Gasteiger partial charge in [-0.15, -0.1) is 0 Å². The second kappa shape index (κ2) is 6.80. The standard InChI is InChI=1S/C20H19BrN2O3S/c1-3-25-18(24)16-17-14-11-12(21)9-10-15(14)26-20(16,2)23(19(27)22-17)13-7-5-4-6-8-13/h4-11,16-17H,3H2,1-2H3,(H,22,27)/t16-,17+,20-/m0/s1. The summed E-state index contributed by atoms with van der Waals surface area (Å²) < 4.78 is 12.8. The van der Waals surface area contributed by atoms with Gasteiger partial charge in [-0.1, -0.05) is 34.1 Å². The molecule has 0 aromatic heterocycles. The number of para-hydroxylation sites is 1. The van der Waals surface area contributed by atoms with Gasteiger partial charge in [-0.25, -0.2) is 0 Å². The van der Waals surface area contributed by atoms with Crippen LogP contribution in [0.5, 0.6) is 5.75 Å². The number of benzene rings is 2. The molecule has 140 valence electrons. The van der Waals surface area contributed by atoms with Gasteiger partial charge < -0.3 is 14.8 Å². The minimum Gasteiger partial charge on any atom is -0.466 e. The van der Waals surface area contributed by atoms with Crippen molar-refractivity contribution < 1.29 is 14.3 Å². The van der Waals surface area contributed by atoms with E-state index in [1.165, 1.54) is 0 Å². The number of esters is 1. The highest BCUT2D eigenvalue weighted by Gasteiger charge is 2.59. The van der Waals surface area contributed by atoms with Gasteiger partial charge in [-0.3, -0.25) is 9.69 Å². The van der Waals surface area contributed by atoms with Crippen molar-refractivity contribution >= 4 is 44.9 Å². The highest BCUT2D eigenvalue weighted by Crippen LogP contribution is 2.50. The molecule has 27 heavy (non-hydrogen) atoms. The summed E-state index contributed by atoms with van der Waals surface area (Å²) in [6.07, 6.45) is 0. The molecule has 3 atom stereocenters. The van der Waals surface area contributed by atoms with E-state index < -0.39 is 11.6 Å². The zero-order valence-corrected chi connectivity index (χ0v) is 17.3. The van der Waals surface area contributed by atoms with Crippen LogP contribution in [-0.2, 0) is 9.53 Å². The fraction of sp³-hybridized carbons (Fsp3) is 0.300. The lowest BCUT2D eigenvalue weighted by atomic mass is 9.79. The minimum absolute atomic E-state index is 0.305. The van der Waals surface area contributed by atoms with Crippen molar-refractivity contribution in [2.75, 3.05) is 11.5 Å². The molecule has 2 aromatic carbocycles. The monoisotopic (exact) mass is 446 g/mol. The van der Waals surface area contributed by atoms with Crippen molar-refractivity contribution in [2.24, 2.45) is 5.92 Å². The van der Waals surface area contributed by atoms with Gasteiger partial charge in [0.05, 0.1) is 12.6 Å². The summed E-state index contributed by atoms with van der Waals surface area (Å²) in [6.45, 7) is 4.00. The number of thiocarbonyl (C=S) groups is 1. The molecule has 1 saturated heterocycles. The van der Waals surface area contributed by atoms with Crippen molar-refractivity contribution in [3.63, 3.8) is 0 Å². The van der Waals surface area contributed by atoms with Gasteiger partial charge in [-0.05, 0) is 56.4 Å². The van der Waals surface area contributed by atoms with Crippen molar-refractivity contribution in [2.45, 2.75) is 25.6 Å². The van der Waals surface area contributed by atoms with Gasteiger partial charge in [0.25, 0.3) is 0 Å². The van der Waals surface area contributed by atoms with E-state index in [-0.39, 0.29) is 12.0 Å². The van der Waals surface area contributed by atoms with Gasteiger partial charge >= 0.3 is 5.97 Å². The maximum Gasteiger partial charge on any atom is 0.317 e. The minimum atomic E-state index is -1.01. The van der Waals surface area contributed by atoms with E-state index in [0.29, 0.717) is 11.7 Å². The number of hydrogen-bond donors (Lipinski definition) is 1. The van der Waals surface area contributed by atoms with E-state index in [9.17, 15) is 4.79 Å². The predicted molar refractivity (Wildman–Crippen MR) is 111 cm³/mol. The normalized spacial score (nSPS) is 25.9. The molecule has 1 N–H and O–H groups in total. The second-order valence-electron chi connectivity index (χ2n) is 6.67. The molecule has 0 amide bonds. The molecule has 2 aromatic rings. The molecular weight excluding hydrogens is 428 g/mol. The zero-order valence-electron chi connectivity index (χ0n) is 14.9. The highest BCUT2D eigenvalue weighted by atomic mass is 79.9. The number of ether oxygens (including phenoxy) is 2. The van der Waals surface area contributed by atoms with E-state index in [1.807, 2.05) is 60.4 Å². The number of carbonyl (C=O) groups is 1. The van der Waals surface area contributed by atoms with Crippen LogP contribution in [0.15, 0.2) is 53.0 Å². The number of rotatable bonds is 3. The molecule has 1 fully saturated rings. The predicted octanol–water partition coefficient (Wildman–Crippen LogP) is 4.17. The summed E-state index contributed by atoms with van der Waals surface area (Å²) in [5.74, 6) is -0.181. The van der Waals surface area contributed by atoms with E-state index in [1.54, 1.807) is 6.92 Å². The number of anilines is 1. The Morgan fingerprint density at radius 1 is 1.33 bits per heavy atom. The number of hydrogen-bond acceptors (Lipinski definition) is 4. The number of nitrogens with zero attached hydrogens (tertiary/aromatic N) is 1. The first-order chi connectivity index (χ1) is 13.0. The maximum absolute atomic E-state index is 13.0. The Labute approximate surface area is 171 Å². The number of nitrogens with one attached hydrogen (secondary N) is 1. The average Bonchev–Trinajstić information content (AvgIpc) is 2.63. The first kappa shape index (κ1) is 18.3. The van der Waals surface area contributed by atoms with Crippen LogP contribution in [0.4, 0.5) is 5.69 Å². The average molecular weight is 447 g/mol. The number of halogens is 1. The summed E-state index contributed by atoms with van der Waals surface area (Å²) in [6, 6.07) is 15.2. The Morgan fingerprint density at radius 3 is 2.78 bits per heavy atom. The quantitative estimate of drug-likeness (QED) is 0.563. The summed E-state index contributed by atoms with van der Waals surface area (Å²) in [5.41, 5.74) is 0.724. The molecule has 2 aliphatic rings. The van der Waals surface area contributed by atoms with E-state index in [4.69, 9.17) is 21.7 Å². The fourth-order valence-corrected chi connectivity index (χ4v) is 4.71. The van der Waals surface area contributed by atoms with Gasteiger partial charge in [0.15, 0.2) is 5.11 Å². The lowest BCUT2D eigenvalue weighted by Crippen LogP contribution is -2.71. The third kappa shape index (κ3) is 2.89. The van der Waals surface area contributed by atoms with E-state index >= 15 is 0 Å². The summed E-state index contributed by atoms with van der Waals surface area (Å²) in [5, 5.41) is 3.86. The second-order valence-corrected chi connectivity index (χ2v) is 7.97. The molecule has 0 radical (unpaired) electrons. The van der Waals surface area contributed by atoms with Gasteiger partial charge in [0.1, 0.15) is 11.7 Å². The number of fused-ring (bicyclic) bond motifs is 4. The van der Waals surface area contributed by atoms with E-state index in [2.05, 4.69) is 21.2 Å². The SMILES string of the molecule is CCOC(=O)[C@@H]1[C@@H]2NC(=S)N(c3ccccc3)[C@@]1(C)Oc1ccc(Br)cc12. The molecular formula is C20H19BrN2O3S. The number of carbonyl (C=O) groups excluding carboxylic acids is 1. The van der Waals surface area contributed by atoms with Crippen LogP contribution in [0, 0.1) is 5.92 Å². The van der Waals surface area contributed by atoms with Crippen LogP contribution >= 0.6 is 28.1 Å². The Bertz CT molecular complexity index is 907. The van der Waals surface area contributed by atoms with Gasteiger partial charge in [0, 0.05) is 15.7 Å². The summed E-state index contributed by atoms with van der Waals surface area (Å²) in [7, 11) is 0. The molecule has 2 heterocycles. The maximum atomic E-state index is 13.0. The third-order valence-corrected chi connectivity index (χ3v) is 5.81. The Balaban J connectivity index is 1.90. The van der Waals surface area contributed by atoms with Crippen molar-refractivity contribution in [1.82, 2.24) is 5.32 Å². The first-order valence-corrected chi connectivity index (χ1v) is 9.96. The van der Waals surface area contributed by atoms with Crippen LogP contribution in [0.3, 0.4) is 0 Å². The molecule has 2 aliphatic heterocycles. The van der Waals surface area contributed by atoms with Crippen LogP contribution in [0.25, 0.3) is 0 Å². The van der Waals surface area contributed by atoms with Crippen LogP contribution in [-0.4, -0.2) is 23.4 Å². The topological polar surface area (TPSA) is 50.8 Å². The van der Waals surface area contributed by atoms with Crippen molar-refractivity contribution in [1.29, 1.82) is 0 Å². The first-order valence-electron chi connectivity index (χ1n) is 8.76. The fourth-order valence-electron chi connectivity index (χ4n) is 3.91. The molecule has 0 aliphatic carbocycles. The molecule has 0 saturated carbocycles. The lowest BCUT2D eigenvalue weighted by molar-refractivity contribution is -0.159. The van der Waals surface area contributed by atoms with Crippen molar-refractivity contribution in [3.05, 3.63) is 58.6 Å². The Kier molecular flexibility index (Phi) is 4.60. The molecule has 5 nitrogen and oxygen atoms in total. The third-order valence-electron chi connectivity index (χ3n) is 5.01. The molecule has 2 bridgehead atoms. The lowest BCUT2D eigenvalue weighted by Gasteiger charge is -2.55. The zero-order chi connectivity index (χ0) is 19.2. The Morgan fingerprint density at radius 2 is 2.07 bits per heavy atom. The summed E-state index contributed by atoms with van der Waals surface area (Å²) in [4.78, 5) is 14.8. The van der Waals surface area contributed by atoms with E-state index in [0.717, 1.165) is 21.5 Å². The largest absolute Gasteiger partial charge is 0.466 e. The highest BCUT2D eigenvalue weighted by molar-refractivity contribution is 9.10. The molecule has 0 spiro atoms.